The van der Waals surface area contributed by atoms with Gasteiger partial charge in [-0.05, 0) is 49.7 Å². The largest absolute Gasteiger partial charge is 0.304 e. The molecule has 0 fully saturated rings. The number of benzene rings is 2. The summed E-state index contributed by atoms with van der Waals surface area (Å²) in [6.45, 7) is 4.05. The Morgan fingerprint density at radius 1 is 0.900 bits per heavy atom. The van der Waals surface area contributed by atoms with Crippen molar-refractivity contribution >= 4 is 31.9 Å². The summed E-state index contributed by atoms with van der Waals surface area (Å²) in [6, 6.07) is 13.3. The fourth-order valence-electron chi connectivity index (χ4n) is 2.16. The van der Waals surface area contributed by atoms with Gasteiger partial charge in [0.2, 0.25) is 0 Å². The van der Waals surface area contributed by atoms with E-state index in [1.807, 2.05) is 25.1 Å². The fourth-order valence-corrected chi connectivity index (χ4v) is 2.80. The SMILES string of the molecule is CC(N[C@H](C)c1ccc(Br)cc1)c1cc(Br)ccc1F. The van der Waals surface area contributed by atoms with Crippen LogP contribution in [0.1, 0.15) is 37.1 Å². The van der Waals surface area contributed by atoms with Gasteiger partial charge in [-0.3, -0.25) is 0 Å². The lowest BCUT2D eigenvalue weighted by Crippen LogP contribution is -2.23. The highest BCUT2D eigenvalue weighted by atomic mass is 79.9. The summed E-state index contributed by atoms with van der Waals surface area (Å²) in [4.78, 5) is 0. The molecule has 0 saturated carbocycles. The summed E-state index contributed by atoms with van der Waals surface area (Å²) < 4.78 is 15.8. The van der Waals surface area contributed by atoms with Crippen molar-refractivity contribution in [1.82, 2.24) is 5.32 Å². The van der Waals surface area contributed by atoms with Gasteiger partial charge in [-0.15, -0.1) is 0 Å². The Hall–Kier alpha value is -0.710. The molecule has 0 bridgehead atoms. The molecule has 0 saturated heterocycles. The van der Waals surface area contributed by atoms with Gasteiger partial charge < -0.3 is 5.32 Å². The van der Waals surface area contributed by atoms with Crippen LogP contribution in [0.2, 0.25) is 0 Å². The highest BCUT2D eigenvalue weighted by Gasteiger charge is 2.14. The average Bonchev–Trinajstić information content (AvgIpc) is 2.42. The maximum Gasteiger partial charge on any atom is 0.128 e. The first-order chi connectivity index (χ1) is 9.47. The molecule has 1 N–H and O–H groups in total. The second-order valence-corrected chi connectivity index (χ2v) is 6.66. The average molecular weight is 401 g/mol. The zero-order valence-corrected chi connectivity index (χ0v) is 14.5. The normalized spacial score (nSPS) is 14.1. The van der Waals surface area contributed by atoms with E-state index >= 15 is 0 Å². The fraction of sp³-hybridized carbons (Fsp3) is 0.250. The molecule has 0 heterocycles. The highest BCUT2D eigenvalue weighted by Crippen LogP contribution is 2.25. The lowest BCUT2D eigenvalue weighted by molar-refractivity contribution is 0.473. The number of nitrogens with one attached hydrogen (secondary N) is 1. The van der Waals surface area contributed by atoms with E-state index in [1.54, 1.807) is 6.07 Å². The summed E-state index contributed by atoms with van der Waals surface area (Å²) in [7, 11) is 0. The minimum absolute atomic E-state index is 0.0638. The molecule has 106 valence electrons. The molecule has 0 spiro atoms. The van der Waals surface area contributed by atoms with Crippen molar-refractivity contribution in [2.45, 2.75) is 25.9 Å². The van der Waals surface area contributed by atoms with Gasteiger partial charge in [-0.25, -0.2) is 4.39 Å². The smallest absolute Gasteiger partial charge is 0.128 e. The van der Waals surface area contributed by atoms with Crippen molar-refractivity contribution in [3.05, 3.63) is 68.4 Å². The highest BCUT2D eigenvalue weighted by molar-refractivity contribution is 9.10. The van der Waals surface area contributed by atoms with Crippen LogP contribution in [0.15, 0.2) is 51.4 Å². The van der Waals surface area contributed by atoms with Crippen LogP contribution in [0, 0.1) is 5.82 Å². The lowest BCUT2D eigenvalue weighted by Gasteiger charge is -2.21. The van der Waals surface area contributed by atoms with Gasteiger partial charge in [0.25, 0.3) is 0 Å². The molecule has 20 heavy (non-hydrogen) atoms. The molecule has 2 aromatic carbocycles. The standard InChI is InChI=1S/C16H16Br2FN/c1-10(12-3-5-13(17)6-4-12)20-11(2)15-9-14(18)7-8-16(15)19/h3-11,20H,1-2H3/t10-,11?/m1/s1. The van der Waals surface area contributed by atoms with E-state index in [9.17, 15) is 4.39 Å². The van der Waals surface area contributed by atoms with Gasteiger partial charge in [0.05, 0.1) is 0 Å². The summed E-state index contributed by atoms with van der Waals surface area (Å²) in [5.74, 6) is -0.184. The molecule has 2 atom stereocenters. The monoisotopic (exact) mass is 399 g/mol. The van der Waals surface area contributed by atoms with E-state index in [4.69, 9.17) is 0 Å². The van der Waals surface area contributed by atoms with Gasteiger partial charge in [0, 0.05) is 26.6 Å². The molecule has 0 aliphatic heterocycles. The van der Waals surface area contributed by atoms with Crippen molar-refractivity contribution in [3.63, 3.8) is 0 Å². The molecule has 4 heteroatoms. The first-order valence-corrected chi connectivity index (χ1v) is 8.02. The molecule has 0 aromatic heterocycles. The summed E-state index contributed by atoms with van der Waals surface area (Å²) in [6.07, 6.45) is 0. The van der Waals surface area contributed by atoms with E-state index in [0.29, 0.717) is 5.56 Å². The lowest BCUT2D eigenvalue weighted by atomic mass is 10.0. The van der Waals surface area contributed by atoms with Crippen LogP contribution in [-0.2, 0) is 0 Å². The quantitative estimate of drug-likeness (QED) is 0.687. The van der Waals surface area contributed by atoms with Crippen LogP contribution in [0.25, 0.3) is 0 Å². The topological polar surface area (TPSA) is 12.0 Å². The first kappa shape index (κ1) is 15.7. The molecule has 0 aliphatic carbocycles. The van der Waals surface area contributed by atoms with Gasteiger partial charge in [-0.1, -0.05) is 44.0 Å². The minimum atomic E-state index is -0.184. The molecule has 0 aliphatic rings. The molecule has 2 rings (SSSR count). The third-order valence-electron chi connectivity index (χ3n) is 3.29. The molecule has 0 amide bonds. The van der Waals surface area contributed by atoms with Gasteiger partial charge in [0.15, 0.2) is 0 Å². The Labute approximate surface area is 135 Å². The van der Waals surface area contributed by atoms with Crippen LogP contribution < -0.4 is 5.32 Å². The Morgan fingerprint density at radius 3 is 2.15 bits per heavy atom. The van der Waals surface area contributed by atoms with E-state index in [1.165, 1.54) is 11.6 Å². The Morgan fingerprint density at radius 2 is 1.50 bits per heavy atom. The van der Waals surface area contributed by atoms with Crippen LogP contribution in [0.4, 0.5) is 4.39 Å². The Kier molecular flexibility index (Phi) is 5.35. The van der Waals surface area contributed by atoms with Gasteiger partial charge in [-0.2, -0.15) is 0 Å². The number of halogens is 3. The zero-order valence-electron chi connectivity index (χ0n) is 11.3. The van der Waals surface area contributed by atoms with Crippen LogP contribution >= 0.6 is 31.9 Å². The van der Waals surface area contributed by atoms with Crippen LogP contribution in [0.3, 0.4) is 0 Å². The van der Waals surface area contributed by atoms with Crippen molar-refractivity contribution in [3.8, 4) is 0 Å². The Balaban J connectivity index is 2.12. The van der Waals surface area contributed by atoms with Gasteiger partial charge in [0.1, 0.15) is 5.82 Å². The predicted molar refractivity (Wildman–Crippen MR) is 88.2 cm³/mol. The van der Waals surface area contributed by atoms with Crippen molar-refractivity contribution in [1.29, 1.82) is 0 Å². The predicted octanol–water partition coefficient (Wildman–Crippen LogP) is 5.76. The van der Waals surface area contributed by atoms with E-state index in [2.05, 4.69) is 56.2 Å². The van der Waals surface area contributed by atoms with Gasteiger partial charge >= 0.3 is 0 Å². The van der Waals surface area contributed by atoms with Crippen molar-refractivity contribution in [2.75, 3.05) is 0 Å². The van der Waals surface area contributed by atoms with E-state index in [-0.39, 0.29) is 17.9 Å². The van der Waals surface area contributed by atoms with E-state index < -0.39 is 0 Å². The minimum Gasteiger partial charge on any atom is -0.304 e. The number of rotatable bonds is 4. The molecule has 1 nitrogen and oxygen atoms in total. The van der Waals surface area contributed by atoms with E-state index in [0.717, 1.165) is 8.95 Å². The summed E-state index contributed by atoms with van der Waals surface area (Å²) >= 11 is 6.81. The number of hydrogen-bond acceptors (Lipinski definition) is 1. The molecular formula is C16H16Br2FN. The third kappa shape index (κ3) is 3.90. The maximum atomic E-state index is 13.9. The molecule has 2 aromatic rings. The second-order valence-electron chi connectivity index (χ2n) is 4.83. The summed E-state index contributed by atoms with van der Waals surface area (Å²) in [5, 5.41) is 3.42. The second kappa shape index (κ2) is 6.83. The first-order valence-electron chi connectivity index (χ1n) is 6.44. The molecule has 1 unspecified atom stereocenters. The molecular weight excluding hydrogens is 385 g/mol. The number of hydrogen-bond donors (Lipinski definition) is 1. The third-order valence-corrected chi connectivity index (χ3v) is 4.32. The van der Waals surface area contributed by atoms with Crippen molar-refractivity contribution < 1.29 is 4.39 Å². The van der Waals surface area contributed by atoms with Crippen LogP contribution in [0.5, 0.6) is 0 Å². The van der Waals surface area contributed by atoms with Crippen LogP contribution in [-0.4, -0.2) is 0 Å². The zero-order chi connectivity index (χ0) is 14.7. The Bertz CT molecular complexity index is 584. The van der Waals surface area contributed by atoms with Crippen molar-refractivity contribution in [2.24, 2.45) is 0 Å². The summed E-state index contributed by atoms with van der Waals surface area (Å²) in [5.41, 5.74) is 1.85. The molecule has 0 radical (unpaired) electrons. The maximum absolute atomic E-state index is 13.9.